The molecule has 0 aliphatic carbocycles. The van der Waals surface area contributed by atoms with Gasteiger partial charge in [-0.05, 0) is 13.8 Å². The van der Waals surface area contributed by atoms with Crippen molar-refractivity contribution in [2.45, 2.75) is 13.8 Å². The fraction of sp³-hybridized carbons (Fsp3) is 1.00. The van der Waals surface area contributed by atoms with Gasteiger partial charge in [0.05, 0.1) is 0 Å². The molecule has 0 heterocycles. The Morgan fingerprint density at radius 3 is 1.88 bits per heavy atom. The van der Waals surface area contributed by atoms with Gasteiger partial charge in [-0.1, -0.05) is 0 Å². The molecule has 4 heteroatoms. The fourth-order valence-corrected chi connectivity index (χ4v) is 0.677. The van der Waals surface area contributed by atoms with Crippen LogP contribution in [0.4, 0.5) is 0 Å². The third-order valence-corrected chi connectivity index (χ3v) is 1.72. The van der Waals surface area contributed by atoms with Gasteiger partial charge >= 0.3 is 34.7 Å². The molecule has 0 fully saturated rings. The van der Waals surface area contributed by atoms with E-state index in [0.29, 0.717) is 0 Å². The first-order chi connectivity index (χ1) is 3.41. The average molecular weight is 126 g/mol. The van der Waals surface area contributed by atoms with Crippen LogP contribution in [-0.2, 0) is 7.58 Å². The molecule has 0 aromatic carbocycles. The van der Waals surface area contributed by atoms with Crippen molar-refractivity contribution in [1.82, 2.24) is 0 Å². The van der Waals surface area contributed by atoms with Crippen LogP contribution in [0.5, 0.6) is 0 Å². The van der Waals surface area contributed by atoms with Crippen molar-refractivity contribution >= 4 is 15.9 Å². The second kappa shape index (κ2) is 10.9. The van der Waals surface area contributed by atoms with E-state index < -0.39 is 15.9 Å². The minimum absolute atomic E-state index is 0. The SMILES string of the molecule is CC[O][AlH][O]CC.[H-].[Li+]. The minimum atomic E-state index is -0.589. The summed E-state index contributed by atoms with van der Waals surface area (Å²) < 4.78 is 9.98. The van der Waals surface area contributed by atoms with E-state index in [4.69, 9.17) is 7.58 Å². The Morgan fingerprint density at radius 2 is 1.62 bits per heavy atom. The maximum absolute atomic E-state index is 4.99. The van der Waals surface area contributed by atoms with Crippen LogP contribution in [-0.4, -0.2) is 29.1 Å². The van der Waals surface area contributed by atoms with Crippen molar-refractivity contribution in [3.63, 3.8) is 0 Å². The zero-order valence-electron chi connectivity index (χ0n) is 6.94. The van der Waals surface area contributed by atoms with E-state index in [-0.39, 0.29) is 20.3 Å². The van der Waals surface area contributed by atoms with Gasteiger partial charge in [-0.25, -0.2) is 0 Å². The second-order valence-electron chi connectivity index (χ2n) is 1.10. The van der Waals surface area contributed by atoms with Gasteiger partial charge < -0.3 is 9.00 Å². The van der Waals surface area contributed by atoms with Crippen LogP contribution in [0.25, 0.3) is 0 Å². The summed E-state index contributed by atoms with van der Waals surface area (Å²) >= 11 is -0.589. The summed E-state index contributed by atoms with van der Waals surface area (Å²) in [4.78, 5) is 0. The molecule has 2 nitrogen and oxygen atoms in total. The van der Waals surface area contributed by atoms with Crippen LogP contribution >= 0.6 is 0 Å². The summed E-state index contributed by atoms with van der Waals surface area (Å²) in [6.07, 6.45) is 0. The summed E-state index contributed by atoms with van der Waals surface area (Å²) in [5.74, 6) is 0. The summed E-state index contributed by atoms with van der Waals surface area (Å²) in [5, 5.41) is 0. The van der Waals surface area contributed by atoms with Gasteiger partial charge in [0.1, 0.15) is 0 Å². The topological polar surface area (TPSA) is 18.5 Å². The molecule has 0 aromatic heterocycles. The number of rotatable bonds is 4. The fourth-order valence-electron chi connectivity index (χ4n) is 0.226. The van der Waals surface area contributed by atoms with Crippen LogP contribution in [0.1, 0.15) is 15.3 Å². The molecule has 0 aliphatic heterocycles. The third kappa shape index (κ3) is 10.1. The summed E-state index contributed by atoms with van der Waals surface area (Å²) in [7, 11) is 0. The summed E-state index contributed by atoms with van der Waals surface area (Å²) in [5.41, 5.74) is 0. The normalized spacial score (nSPS) is 7.75. The molecule has 8 heavy (non-hydrogen) atoms. The van der Waals surface area contributed by atoms with Crippen LogP contribution in [0.3, 0.4) is 0 Å². The van der Waals surface area contributed by atoms with Crippen LogP contribution in [0, 0.1) is 0 Å². The third-order valence-electron chi connectivity index (χ3n) is 0.575. The maximum Gasteiger partial charge on any atom is 1.00 e. The van der Waals surface area contributed by atoms with Crippen molar-refractivity contribution in [2.24, 2.45) is 0 Å². The molecule has 44 valence electrons. The molecule has 0 spiro atoms. The van der Waals surface area contributed by atoms with E-state index in [1.165, 1.54) is 0 Å². The van der Waals surface area contributed by atoms with E-state index in [9.17, 15) is 0 Å². The molecule has 0 N–H and O–H groups in total. The molecule has 0 saturated heterocycles. The average Bonchev–Trinajstić information content (AvgIpc) is 1.69. The first kappa shape index (κ1) is 11.8. The Morgan fingerprint density at radius 1 is 1.25 bits per heavy atom. The van der Waals surface area contributed by atoms with E-state index in [1.54, 1.807) is 0 Å². The zero-order valence-corrected chi connectivity index (χ0v) is 7.35. The smallest absolute Gasteiger partial charge is 1.00 e. The van der Waals surface area contributed by atoms with Gasteiger partial charge in [-0.2, -0.15) is 0 Å². The van der Waals surface area contributed by atoms with Gasteiger partial charge in [-0.15, -0.1) is 0 Å². The van der Waals surface area contributed by atoms with E-state index in [1.807, 2.05) is 13.8 Å². The first-order valence-corrected chi connectivity index (χ1v) is 3.72. The largest absolute Gasteiger partial charge is 1.00 e. The van der Waals surface area contributed by atoms with Crippen LogP contribution < -0.4 is 18.9 Å². The Hall–Kier alpha value is 1.05. The number of hydrogen-bond acceptors (Lipinski definition) is 2. The molecular weight excluding hydrogens is 114 g/mol. The van der Waals surface area contributed by atoms with Gasteiger partial charge in [0, 0.05) is 13.2 Å². The summed E-state index contributed by atoms with van der Waals surface area (Å²) in [6.45, 7) is 5.55. The molecular formula is C4H12AlLiO2. The monoisotopic (exact) mass is 126 g/mol. The predicted molar refractivity (Wildman–Crippen MR) is 31.5 cm³/mol. The van der Waals surface area contributed by atoms with Crippen molar-refractivity contribution in [2.75, 3.05) is 13.2 Å². The Balaban J connectivity index is -0.000000180. The molecule has 0 radical (unpaired) electrons. The van der Waals surface area contributed by atoms with Crippen molar-refractivity contribution in [3.05, 3.63) is 0 Å². The maximum atomic E-state index is 4.99. The van der Waals surface area contributed by atoms with Gasteiger partial charge in [0.25, 0.3) is 0 Å². The Labute approximate surface area is 71.0 Å². The van der Waals surface area contributed by atoms with Crippen molar-refractivity contribution in [1.29, 1.82) is 0 Å². The van der Waals surface area contributed by atoms with E-state index in [0.717, 1.165) is 13.2 Å². The van der Waals surface area contributed by atoms with Gasteiger partial charge in [0.2, 0.25) is 0 Å². The summed E-state index contributed by atoms with van der Waals surface area (Å²) in [6, 6.07) is 0. The molecule has 0 aromatic rings. The standard InChI is InChI=1S/2C2H5O.Al.Li.2H/c2*1-2-3;;;;/h2*2H2,1H3;;;;/q2*-1;+2;+1;;-1. The van der Waals surface area contributed by atoms with Crippen molar-refractivity contribution < 1.29 is 27.9 Å². The van der Waals surface area contributed by atoms with Gasteiger partial charge in [-0.3, -0.25) is 0 Å². The molecule has 0 saturated carbocycles. The zero-order chi connectivity index (χ0) is 5.54. The molecule has 0 rings (SSSR count). The van der Waals surface area contributed by atoms with E-state index in [2.05, 4.69) is 0 Å². The van der Waals surface area contributed by atoms with Crippen LogP contribution in [0.15, 0.2) is 0 Å². The first-order valence-electron chi connectivity index (χ1n) is 2.57. The van der Waals surface area contributed by atoms with E-state index >= 15 is 0 Å². The quantitative estimate of drug-likeness (QED) is 0.305. The molecule has 0 bridgehead atoms. The molecule has 0 atom stereocenters. The Bertz CT molecular complexity index is 37.7. The van der Waals surface area contributed by atoms with Gasteiger partial charge in [0.15, 0.2) is 0 Å². The predicted octanol–water partition coefficient (Wildman–Crippen LogP) is -2.56. The van der Waals surface area contributed by atoms with Crippen LogP contribution in [0.2, 0.25) is 0 Å². The number of hydrogen-bond donors (Lipinski definition) is 0. The Kier molecular flexibility index (Phi) is 16.1. The second-order valence-corrected chi connectivity index (χ2v) is 2.16. The minimum Gasteiger partial charge on any atom is -1.00 e. The molecule has 0 aliphatic rings. The molecule has 0 unspecified atom stereocenters. The van der Waals surface area contributed by atoms with Crippen molar-refractivity contribution in [3.8, 4) is 0 Å². The molecule has 0 amide bonds.